The molecule has 0 saturated heterocycles. The van der Waals surface area contributed by atoms with Crippen molar-refractivity contribution in [3.63, 3.8) is 0 Å². The molecule has 22 heavy (non-hydrogen) atoms. The van der Waals surface area contributed by atoms with E-state index in [9.17, 15) is 22.8 Å². The van der Waals surface area contributed by atoms with E-state index in [-0.39, 0.29) is 5.78 Å². The van der Waals surface area contributed by atoms with E-state index < -0.39 is 42.8 Å². The summed E-state index contributed by atoms with van der Waals surface area (Å²) in [6, 6.07) is 0. The first-order valence-electron chi connectivity index (χ1n) is 6.84. The Morgan fingerprint density at radius 1 is 1.41 bits per heavy atom. The van der Waals surface area contributed by atoms with E-state index in [4.69, 9.17) is 4.74 Å². The van der Waals surface area contributed by atoms with Crippen LogP contribution >= 0.6 is 0 Å². The SMILES string of the molecule is CCCC1=C(C)C(=O)/C(=[CH]\[Hg][O]C(=O)C(F)(F)F)C1(C)OC. The summed E-state index contributed by atoms with van der Waals surface area (Å²) in [6.07, 6.45) is -3.51. The van der Waals surface area contributed by atoms with Crippen molar-refractivity contribution in [1.82, 2.24) is 0 Å². The number of alkyl halides is 3. The second-order valence-corrected chi connectivity index (χ2v) is 9.14. The zero-order valence-corrected chi connectivity index (χ0v) is 18.5. The number of hydrogen-bond acceptors (Lipinski definition) is 4. The van der Waals surface area contributed by atoms with Crippen LogP contribution in [0.2, 0.25) is 0 Å². The normalized spacial score (nSPS) is 24.0. The van der Waals surface area contributed by atoms with E-state index >= 15 is 0 Å². The monoisotopic (exact) mass is 508 g/mol. The topological polar surface area (TPSA) is 52.6 Å². The molecule has 0 aromatic heterocycles. The fourth-order valence-corrected chi connectivity index (χ4v) is 6.99. The van der Waals surface area contributed by atoms with Crippen molar-refractivity contribution in [2.75, 3.05) is 7.11 Å². The van der Waals surface area contributed by atoms with Crippen molar-refractivity contribution in [2.24, 2.45) is 0 Å². The van der Waals surface area contributed by atoms with Crippen LogP contribution in [0, 0.1) is 0 Å². The molecule has 1 aliphatic rings. The molecule has 1 atom stereocenters. The number of hydrogen-bond donors (Lipinski definition) is 0. The molecule has 0 aromatic carbocycles. The second kappa shape index (κ2) is 7.25. The summed E-state index contributed by atoms with van der Waals surface area (Å²) < 4.78 is 47.5. The third-order valence-corrected chi connectivity index (χ3v) is 7.67. The van der Waals surface area contributed by atoms with Gasteiger partial charge in [0.25, 0.3) is 0 Å². The summed E-state index contributed by atoms with van der Waals surface area (Å²) in [5.74, 6) is -2.43. The van der Waals surface area contributed by atoms with Crippen molar-refractivity contribution in [1.29, 1.82) is 0 Å². The van der Waals surface area contributed by atoms with Crippen LogP contribution in [0.5, 0.6) is 0 Å². The molecule has 1 rings (SSSR count). The first-order chi connectivity index (χ1) is 10.1. The van der Waals surface area contributed by atoms with Crippen molar-refractivity contribution in [3.8, 4) is 0 Å². The van der Waals surface area contributed by atoms with Gasteiger partial charge in [-0.3, -0.25) is 0 Å². The first-order valence-corrected chi connectivity index (χ1v) is 12.3. The zero-order chi connectivity index (χ0) is 17.1. The molecular weight excluding hydrogens is 490 g/mol. The molecule has 1 unspecified atom stereocenters. The van der Waals surface area contributed by atoms with Crippen LogP contribution in [-0.2, 0) is 42.0 Å². The van der Waals surface area contributed by atoms with Crippen molar-refractivity contribution < 1.29 is 55.2 Å². The van der Waals surface area contributed by atoms with E-state index in [0.29, 0.717) is 17.6 Å². The minimum absolute atomic E-state index is 0.240. The van der Waals surface area contributed by atoms with Gasteiger partial charge in [0.1, 0.15) is 0 Å². The Kier molecular flexibility index (Phi) is 6.38. The molecule has 0 saturated carbocycles. The van der Waals surface area contributed by atoms with Gasteiger partial charge >= 0.3 is 140 Å². The molecule has 0 amide bonds. The first kappa shape index (κ1) is 19.4. The van der Waals surface area contributed by atoms with Crippen LogP contribution in [0.4, 0.5) is 13.2 Å². The minimum atomic E-state index is -5.00. The summed E-state index contributed by atoms with van der Waals surface area (Å²) in [5, 5.41) is 0. The van der Waals surface area contributed by atoms with Gasteiger partial charge in [-0.2, -0.15) is 0 Å². The van der Waals surface area contributed by atoms with E-state index in [0.717, 1.165) is 12.0 Å². The number of halogens is 3. The van der Waals surface area contributed by atoms with Crippen molar-refractivity contribution in [3.05, 3.63) is 20.3 Å². The molecule has 0 radical (unpaired) electrons. The van der Waals surface area contributed by atoms with Crippen LogP contribution in [0.25, 0.3) is 0 Å². The standard InChI is InChI=1S/C12H17O2.C2HF3O2.Hg/c1-6-7-10-8(2)11(13)9(3)12(10,4)14-5;3-2(4,5)1(6)7;/h3H,6-7H2,1-2,4-5H3;(H,6,7);/q;;+1/p-1. The summed E-state index contributed by atoms with van der Waals surface area (Å²) in [4.78, 5) is 23.0. The van der Waals surface area contributed by atoms with Crippen LogP contribution in [0.1, 0.15) is 33.6 Å². The van der Waals surface area contributed by atoms with E-state index in [2.05, 4.69) is 2.64 Å². The Morgan fingerprint density at radius 3 is 2.45 bits per heavy atom. The molecule has 0 spiro atoms. The predicted molar refractivity (Wildman–Crippen MR) is 68.3 cm³/mol. The number of ketones is 1. The number of rotatable bonds is 5. The van der Waals surface area contributed by atoms with Gasteiger partial charge in [-0.15, -0.1) is 0 Å². The molecule has 4 nitrogen and oxygen atoms in total. The fraction of sp³-hybridized carbons (Fsp3) is 0.571. The molecule has 0 aromatic rings. The number of allylic oxidation sites excluding steroid dienone is 1. The van der Waals surface area contributed by atoms with Gasteiger partial charge in [0.15, 0.2) is 0 Å². The van der Waals surface area contributed by atoms with Crippen LogP contribution in [0.3, 0.4) is 0 Å². The summed E-state index contributed by atoms with van der Waals surface area (Å²) in [6.45, 7) is 5.37. The van der Waals surface area contributed by atoms with Crippen LogP contribution < -0.4 is 0 Å². The Bertz CT molecular complexity index is 537. The third kappa shape index (κ3) is 3.79. The van der Waals surface area contributed by atoms with E-state index in [1.54, 1.807) is 13.8 Å². The Hall–Kier alpha value is -0.695. The maximum atomic E-state index is 12.3. The fourth-order valence-electron chi connectivity index (χ4n) is 2.56. The predicted octanol–water partition coefficient (Wildman–Crippen LogP) is 3.08. The number of carbonyl (C=O) groups is 2. The van der Waals surface area contributed by atoms with Crippen molar-refractivity contribution >= 4 is 11.8 Å². The third-order valence-electron chi connectivity index (χ3n) is 3.77. The number of ether oxygens (including phenoxy) is 1. The summed E-state index contributed by atoms with van der Waals surface area (Å²) in [5.41, 5.74) is 0.756. The van der Waals surface area contributed by atoms with Gasteiger partial charge in [0.2, 0.25) is 0 Å². The summed E-state index contributed by atoms with van der Waals surface area (Å²) in [7, 11) is 1.45. The van der Waals surface area contributed by atoms with Crippen LogP contribution in [-0.4, -0.2) is 30.6 Å². The maximum absolute atomic E-state index is 12.3. The van der Waals surface area contributed by atoms with Gasteiger partial charge in [-0.1, -0.05) is 0 Å². The number of Topliss-reactive ketones (excluding diaryl/α,β-unsaturated/α-hetero) is 1. The van der Waals surface area contributed by atoms with E-state index in [1.807, 2.05) is 6.92 Å². The van der Waals surface area contributed by atoms with Gasteiger partial charge in [-0.25, -0.2) is 0 Å². The van der Waals surface area contributed by atoms with Gasteiger partial charge in [-0.05, 0) is 0 Å². The van der Waals surface area contributed by atoms with Gasteiger partial charge in [0, 0.05) is 0 Å². The summed E-state index contributed by atoms with van der Waals surface area (Å²) >= 11 is -2.78. The second-order valence-electron chi connectivity index (χ2n) is 5.13. The average Bonchev–Trinajstić information content (AvgIpc) is 2.61. The zero-order valence-electron chi connectivity index (χ0n) is 13.0. The Balaban J connectivity index is 2.98. The van der Waals surface area contributed by atoms with Crippen molar-refractivity contribution in [2.45, 2.75) is 45.4 Å². The number of methoxy groups -OCH3 is 1. The molecular formula is C14H17F3HgO4. The molecule has 8 heteroatoms. The molecule has 0 heterocycles. The Morgan fingerprint density at radius 2 is 2.00 bits per heavy atom. The molecule has 120 valence electrons. The van der Waals surface area contributed by atoms with E-state index in [1.165, 1.54) is 10.7 Å². The Labute approximate surface area is 139 Å². The molecule has 0 fully saturated rings. The van der Waals surface area contributed by atoms with Crippen LogP contribution in [0.15, 0.2) is 20.3 Å². The molecule has 1 aliphatic carbocycles. The molecule has 0 N–H and O–H groups in total. The quantitative estimate of drug-likeness (QED) is 0.425. The molecule has 0 aliphatic heterocycles. The van der Waals surface area contributed by atoms with Gasteiger partial charge < -0.3 is 0 Å². The van der Waals surface area contributed by atoms with Gasteiger partial charge in [0.05, 0.1) is 0 Å². The molecule has 0 bridgehead atoms. The average molecular weight is 507 g/mol. The number of carbonyl (C=O) groups excluding carboxylic acids is 2.